The lowest BCUT2D eigenvalue weighted by molar-refractivity contribution is -0.150. The molecule has 3 N–H and O–H groups in total. The highest BCUT2D eigenvalue weighted by molar-refractivity contribution is 5.90. The van der Waals surface area contributed by atoms with Gasteiger partial charge in [0.2, 0.25) is 5.91 Å². The molecule has 1 rings (SSSR count). The second kappa shape index (κ2) is 6.58. The van der Waals surface area contributed by atoms with Gasteiger partial charge in [-0.2, -0.15) is 0 Å². The third-order valence-electron chi connectivity index (χ3n) is 3.68. The van der Waals surface area contributed by atoms with E-state index < -0.39 is 23.6 Å². The Morgan fingerprint density at radius 2 is 2.00 bits per heavy atom. The zero-order chi connectivity index (χ0) is 15.3. The van der Waals surface area contributed by atoms with E-state index in [9.17, 15) is 19.5 Å². The summed E-state index contributed by atoms with van der Waals surface area (Å²) in [6, 6.07) is -1.20. The zero-order valence-corrected chi connectivity index (χ0v) is 12.2. The van der Waals surface area contributed by atoms with Crippen LogP contribution in [0.4, 0.5) is 4.79 Å². The van der Waals surface area contributed by atoms with Crippen LogP contribution in [0.2, 0.25) is 0 Å². The van der Waals surface area contributed by atoms with Crippen LogP contribution in [-0.4, -0.2) is 52.6 Å². The molecule has 0 aromatic rings. The molecule has 0 aliphatic carbocycles. The van der Waals surface area contributed by atoms with Gasteiger partial charge in [-0.1, -0.05) is 0 Å². The van der Waals surface area contributed by atoms with E-state index in [0.717, 1.165) is 12.8 Å². The Kier molecular flexibility index (Phi) is 5.35. The van der Waals surface area contributed by atoms with Gasteiger partial charge in [-0.15, -0.1) is 0 Å². The fourth-order valence-corrected chi connectivity index (χ4v) is 2.32. The van der Waals surface area contributed by atoms with Gasteiger partial charge < -0.3 is 20.6 Å². The van der Waals surface area contributed by atoms with Gasteiger partial charge in [0.15, 0.2) is 0 Å². The van der Waals surface area contributed by atoms with E-state index >= 15 is 0 Å². The van der Waals surface area contributed by atoms with Gasteiger partial charge in [-0.3, -0.25) is 4.79 Å². The number of rotatable bonds is 4. The van der Waals surface area contributed by atoms with Crippen LogP contribution < -0.4 is 10.6 Å². The fraction of sp³-hybridized carbons (Fsp3) is 0.769. The smallest absolute Gasteiger partial charge is 0.329 e. The number of urea groups is 1. The summed E-state index contributed by atoms with van der Waals surface area (Å²) in [4.78, 5) is 36.5. The first kappa shape index (κ1) is 16.3. The van der Waals surface area contributed by atoms with Crippen molar-refractivity contribution >= 4 is 17.9 Å². The number of hydrogen-bond acceptors (Lipinski definition) is 3. The molecule has 0 spiro atoms. The van der Waals surface area contributed by atoms with Crippen LogP contribution in [-0.2, 0) is 9.59 Å². The molecule has 1 aliphatic heterocycles. The molecular formula is C13H23N3O4. The molecule has 1 heterocycles. The van der Waals surface area contributed by atoms with Crippen LogP contribution in [0.5, 0.6) is 0 Å². The lowest BCUT2D eigenvalue weighted by Gasteiger charge is -2.41. The molecule has 1 fully saturated rings. The van der Waals surface area contributed by atoms with E-state index in [1.807, 2.05) is 0 Å². The monoisotopic (exact) mass is 285 g/mol. The molecule has 20 heavy (non-hydrogen) atoms. The summed E-state index contributed by atoms with van der Waals surface area (Å²) in [6.45, 7) is 5.78. The molecule has 7 heteroatoms. The Hall–Kier alpha value is -1.79. The largest absolute Gasteiger partial charge is 0.480 e. The molecule has 0 radical (unpaired) electrons. The molecule has 3 amide bonds. The van der Waals surface area contributed by atoms with Crippen LogP contribution in [0.3, 0.4) is 0 Å². The first-order valence-corrected chi connectivity index (χ1v) is 6.92. The number of hydrogen-bond donors (Lipinski definition) is 3. The van der Waals surface area contributed by atoms with Crippen molar-refractivity contribution in [3.63, 3.8) is 0 Å². The lowest BCUT2D eigenvalue weighted by Crippen LogP contribution is -2.61. The minimum absolute atomic E-state index is 0.283. The summed E-state index contributed by atoms with van der Waals surface area (Å²) in [5.41, 5.74) is -1.21. The third-order valence-corrected chi connectivity index (χ3v) is 3.68. The van der Waals surface area contributed by atoms with E-state index in [-0.39, 0.29) is 5.91 Å². The fourth-order valence-electron chi connectivity index (χ4n) is 2.32. The van der Waals surface area contributed by atoms with Crippen molar-refractivity contribution < 1.29 is 19.5 Å². The van der Waals surface area contributed by atoms with Gasteiger partial charge in [0, 0.05) is 13.1 Å². The molecule has 2 unspecified atom stereocenters. The summed E-state index contributed by atoms with van der Waals surface area (Å²) in [5.74, 6) is -1.30. The number of likely N-dealkylation sites (N-methyl/N-ethyl adjacent to an activating group) is 1. The SMILES string of the molecule is CCNC(=O)C(C)NC(=O)N1CCCCC1(C)C(=O)O. The van der Waals surface area contributed by atoms with Crippen molar-refractivity contribution in [3.8, 4) is 0 Å². The number of carboxylic acid groups (broad SMARTS) is 1. The molecule has 1 aliphatic rings. The number of aliphatic carboxylic acids is 1. The van der Waals surface area contributed by atoms with Crippen LogP contribution in [0, 0.1) is 0 Å². The normalized spacial score (nSPS) is 23.9. The van der Waals surface area contributed by atoms with Crippen molar-refractivity contribution in [1.29, 1.82) is 0 Å². The number of amides is 3. The second-order valence-electron chi connectivity index (χ2n) is 5.25. The minimum Gasteiger partial charge on any atom is -0.480 e. The summed E-state index contributed by atoms with van der Waals surface area (Å²) in [5, 5.41) is 14.5. The highest BCUT2D eigenvalue weighted by Crippen LogP contribution is 2.28. The molecule has 2 atom stereocenters. The van der Waals surface area contributed by atoms with Crippen LogP contribution in [0.1, 0.15) is 40.0 Å². The number of carboxylic acids is 1. The predicted molar refractivity (Wildman–Crippen MR) is 73.3 cm³/mol. The third kappa shape index (κ3) is 3.40. The lowest BCUT2D eigenvalue weighted by atomic mass is 9.89. The van der Waals surface area contributed by atoms with Gasteiger partial charge in [-0.05, 0) is 40.0 Å². The molecule has 114 valence electrons. The quantitative estimate of drug-likeness (QED) is 0.702. The molecule has 0 saturated carbocycles. The summed E-state index contributed by atoms with van der Waals surface area (Å²) in [7, 11) is 0. The van der Waals surface area contributed by atoms with Crippen molar-refractivity contribution in [3.05, 3.63) is 0 Å². The topological polar surface area (TPSA) is 98.7 Å². The summed E-state index contributed by atoms with van der Waals surface area (Å²) >= 11 is 0. The van der Waals surface area contributed by atoms with Gasteiger partial charge in [0.05, 0.1) is 0 Å². The first-order chi connectivity index (χ1) is 9.32. The summed E-state index contributed by atoms with van der Waals surface area (Å²) < 4.78 is 0. The number of piperidine rings is 1. The van der Waals surface area contributed by atoms with E-state index in [4.69, 9.17) is 0 Å². The molecular weight excluding hydrogens is 262 g/mol. The number of carbonyl (C=O) groups excluding carboxylic acids is 2. The summed E-state index contributed by atoms with van der Waals surface area (Å²) in [6.07, 6.45) is 1.97. The van der Waals surface area contributed by atoms with Gasteiger partial charge in [0.25, 0.3) is 0 Å². The molecule has 7 nitrogen and oxygen atoms in total. The Morgan fingerprint density at radius 1 is 1.35 bits per heavy atom. The van der Waals surface area contributed by atoms with E-state index in [1.54, 1.807) is 20.8 Å². The Labute approximate surface area is 118 Å². The average Bonchev–Trinajstić information content (AvgIpc) is 2.39. The Bertz CT molecular complexity index is 399. The molecule has 0 aromatic heterocycles. The maximum atomic E-state index is 12.2. The van der Waals surface area contributed by atoms with E-state index in [1.165, 1.54) is 4.90 Å². The van der Waals surface area contributed by atoms with Gasteiger partial charge >= 0.3 is 12.0 Å². The van der Waals surface area contributed by atoms with Crippen molar-refractivity contribution in [1.82, 2.24) is 15.5 Å². The zero-order valence-electron chi connectivity index (χ0n) is 12.2. The number of likely N-dealkylation sites (tertiary alicyclic amines) is 1. The van der Waals surface area contributed by atoms with Crippen LogP contribution in [0.15, 0.2) is 0 Å². The molecule has 0 bridgehead atoms. The van der Waals surface area contributed by atoms with Crippen molar-refractivity contribution in [2.24, 2.45) is 0 Å². The predicted octanol–water partition coefficient (Wildman–Crippen LogP) is 0.550. The number of nitrogens with zero attached hydrogens (tertiary/aromatic N) is 1. The van der Waals surface area contributed by atoms with E-state index in [2.05, 4.69) is 10.6 Å². The maximum absolute atomic E-state index is 12.2. The number of carbonyl (C=O) groups is 3. The highest BCUT2D eigenvalue weighted by atomic mass is 16.4. The highest BCUT2D eigenvalue weighted by Gasteiger charge is 2.44. The maximum Gasteiger partial charge on any atom is 0.329 e. The van der Waals surface area contributed by atoms with Crippen molar-refractivity contribution in [2.75, 3.05) is 13.1 Å². The Balaban J connectivity index is 2.74. The van der Waals surface area contributed by atoms with Gasteiger partial charge in [0.1, 0.15) is 11.6 Å². The minimum atomic E-state index is -1.21. The molecule has 1 saturated heterocycles. The van der Waals surface area contributed by atoms with Crippen LogP contribution in [0.25, 0.3) is 0 Å². The van der Waals surface area contributed by atoms with Gasteiger partial charge in [-0.25, -0.2) is 9.59 Å². The Morgan fingerprint density at radius 3 is 2.55 bits per heavy atom. The standard InChI is InChI=1S/C13H23N3O4/c1-4-14-10(17)9(2)15-12(20)16-8-6-5-7-13(16,3)11(18)19/h9H,4-8H2,1-3H3,(H,14,17)(H,15,20)(H,18,19). The van der Waals surface area contributed by atoms with E-state index in [0.29, 0.717) is 19.5 Å². The number of nitrogens with one attached hydrogen (secondary N) is 2. The average molecular weight is 285 g/mol. The molecule has 0 aromatic carbocycles. The second-order valence-corrected chi connectivity index (χ2v) is 5.25. The van der Waals surface area contributed by atoms with Crippen molar-refractivity contribution in [2.45, 2.75) is 51.6 Å². The first-order valence-electron chi connectivity index (χ1n) is 6.92. The van der Waals surface area contributed by atoms with Crippen LogP contribution >= 0.6 is 0 Å².